The first-order valence-corrected chi connectivity index (χ1v) is 13.8. The number of fused-ring (bicyclic) bond motifs is 1. The van der Waals surface area contributed by atoms with E-state index in [0.717, 1.165) is 26.4 Å². The normalized spacial score (nSPS) is 15.1. The number of aliphatic hydroxyl groups excluding tert-OH is 1. The largest absolute Gasteiger partial charge is 0.481 e. The number of rotatable bonds is 7. The number of benzene rings is 1. The van der Waals surface area contributed by atoms with Crippen molar-refractivity contribution in [3.05, 3.63) is 35.6 Å². The number of carboxylic acid groups (broad SMARTS) is 1. The van der Waals surface area contributed by atoms with Gasteiger partial charge in [0.2, 0.25) is 5.95 Å². The Balaban J connectivity index is 1.51. The molecule has 4 N–H and O–H groups in total. The number of nitrogens with zero attached hydrogens (tertiary/aromatic N) is 6. The highest BCUT2D eigenvalue weighted by Gasteiger charge is 2.37. The Hall–Kier alpha value is -3.68. The van der Waals surface area contributed by atoms with Crippen molar-refractivity contribution in [2.24, 2.45) is 11.1 Å². The summed E-state index contributed by atoms with van der Waals surface area (Å²) in [5.74, 6) is -0.208. The van der Waals surface area contributed by atoms with Gasteiger partial charge in [0.15, 0.2) is 5.13 Å². The number of hydrogen-bond acceptors (Lipinski definition) is 10. The molecule has 1 fully saturated rings. The van der Waals surface area contributed by atoms with Gasteiger partial charge in [-0.15, -0.1) is 11.3 Å². The van der Waals surface area contributed by atoms with Crippen molar-refractivity contribution in [2.45, 2.75) is 33.3 Å². The van der Waals surface area contributed by atoms with Crippen LogP contribution in [0.1, 0.15) is 32.4 Å². The predicted molar refractivity (Wildman–Crippen MR) is 147 cm³/mol. The van der Waals surface area contributed by atoms with Crippen LogP contribution in [0.25, 0.3) is 31.9 Å². The van der Waals surface area contributed by atoms with Crippen LogP contribution in [-0.4, -0.2) is 61.8 Å². The number of primary amides is 1. The van der Waals surface area contributed by atoms with Gasteiger partial charge in [-0.2, -0.15) is 0 Å². The van der Waals surface area contributed by atoms with Crippen LogP contribution in [0.15, 0.2) is 29.9 Å². The Bertz CT molecular complexity index is 1490. The monoisotopic (exact) mass is 553 g/mol. The van der Waals surface area contributed by atoms with Gasteiger partial charge in [0.05, 0.1) is 27.9 Å². The third-order valence-corrected chi connectivity index (χ3v) is 8.93. The summed E-state index contributed by atoms with van der Waals surface area (Å²) < 4.78 is 0.856. The number of amides is 2. The van der Waals surface area contributed by atoms with E-state index in [4.69, 9.17) is 10.7 Å². The summed E-state index contributed by atoms with van der Waals surface area (Å²) in [6.45, 7) is 5.00. The molecule has 38 heavy (non-hydrogen) atoms. The van der Waals surface area contributed by atoms with E-state index >= 15 is 0 Å². The molecular weight excluding hydrogens is 526 g/mol. The molecule has 0 atom stereocenters. The van der Waals surface area contributed by atoms with Crippen molar-refractivity contribution >= 4 is 56.0 Å². The van der Waals surface area contributed by atoms with Crippen LogP contribution in [-0.2, 0) is 11.4 Å². The number of nitrogens with two attached hydrogens (primary N) is 1. The Labute approximate surface area is 226 Å². The highest BCUT2D eigenvalue weighted by Crippen LogP contribution is 2.41. The molecule has 198 valence electrons. The molecule has 1 aliphatic heterocycles. The number of hydrogen-bond donors (Lipinski definition) is 3. The van der Waals surface area contributed by atoms with Gasteiger partial charge in [-0.1, -0.05) is 11.3 Å². The maximum absolute atomic E-state index is 12.0. The Morgan fingerprint density at radius 2 is 1.87 bits per heavy atom. The number of anilines is 2. The van der Waals surface area contributed by atoms with Crippen molar-refractivity contribution in [2.75, 3.05) is 29.4 Å². The second-order valence-corrected chi connectivity index (χ2v) is 11.2. The Morgan fingerprint density at radius 3 is 2.45 bits per heavy atom. The lowest BCUT2D eigenvalue weighted by Gasteiger charge is -2.36. The fourth-order valence-electron chi connectivity index (χ4n) is 4.40. The number of carbonyl (C=O) groups is 2. The van der Waals surface area contributed by atoms with Crippen LogP contribution in [0.4, 0.5) is 15.9 Å². The standard InChI is InChI=1S/C25H27N7O4S2/c1-3-32(22(26)36)24-30-18-9-14(8-17(19(18)38-24)20-29-16(12-33)13-37-20)15-10-27-23(28-11-15)31-6-4-25(2,5-7-31)21(34)35/h8-11,13,33H,3-7,12H2,1-2H3,(H2,26,36)(H,34,35). The van der Waals surface area contributed by atoms with Gasteiger partial charge in [-0.3, -0.25) is 9.69 Å². The smallest absolute Gasteiger partial charge is 0.321 e. The lowest BCUT2D eigenvalue weighted by atomic mass is 9.80. The van der Waals surface area contributed by atoms with Gasteiger partial charge in [0, 0.05) is 48.5 Å². The molecule has 0 radical (unpaired) electrons. The minimum Gasteiger partial charge on any atom is -0.481 e. The number of aliphatic hydroxyl groups is 1. The van der Waals surface area contributed by atoms with Crippen LogP contribution in [0.3, 0.4) is 0 Å². The molecule has 1 aliphatic rings. The molecule has 11 nitrogen and oxygen atoms in total. The number of urea groups is 1. The summed E-state index contributed by atoms with van der Waals surface area (Å²) in [5.41, 5.74) is 8.55. The lowest BCUT2D eigenvalue weighted by Crippen LogP contribution is -2.43. The van der Waals surface area contributed by atoms with Crippen LogP contribution >= 0.6 is 22.7 Å². The summed E-state index contributed by atoms with van der Waals surface area (Å²) in [5, 5.41) is 22.1. The SMILES string of the molecule is CCN(C(N)=O)c1nc2cc(-c3cnc(N4CCC(C)(C(=O)O)CC4)nc3)cc(-c3nc(CO)cs3)c2s1. The van der Waals surface area contributed by atoms with Crippen LogP contribution in [0, 0.1) is 5.41 Å². The zero-order valence-electron chi connectivity index (χ0n) is 20.9. The molecule has 13 heteroatoms. The first-order valence-electron chi connectivity index (χ1n) is 12.1. The van der Waals surface area contributed by atoms with Crippen molar-refractivity contribution in [3.8, 4) is 21.7 Å². The third kappa shape index (κ3) is 4.79. The zero-order valence-corrected chi connectivity index (χ0v) is 22.6. The maximum atomic E-state index is 12.0. The number of carbonyl (C=O) groups excluding carboxylic acids is 1. The number of thiazole rings is 2. The average Bonchev–Trinajstić information content (AvgIpc) is 3.56. The molecule has 0 saturated carbocycles. The molecule has 5 rings (SSSR count). The molecule has 0 spiro atoms. The summed E-state index contributed by atoms with van der Waals surface area (Å²) in [7, 11) is 0. The van der Waals surface area contributed by atoms with E-state index in [0.29, 0.717) is 54.8 Å². The number of aromatic nitrogens is 4. The average molecular weight is 554 g/mol. The number of aliphatic carboxylic acids is 1. The first-order chi connectivity index (χ1) is 18.2. The van der Waals surface area contributed by atoms with Crippen molar-refractivity contribution < 1.29 is 19.8 Å². The first kappa shape index (κ1) is 25.9. The van der Waals surface area contributed by atoms with Gasteiger partial charge in [-0.05, 0) is 44.4 Å². The number of carboxylic acids is 1. The molecule has 4 heterocycles. The second-order valence-electron chi connectivity index (χ2n) is 9.38. The molecule has 0 aliphatic carbocycles. The van der Waals surface area contributed by atoms with Crippen LogP contribution < -0.4 is 15.5 Å². The third-order valence-electron chi connectivity index (χ3n) is 6.87. The number of piperidine rings is 1. The van der Waals surface area contributed by atoms with Crippen molar-refractivity contribution in [1.82, 2.24) is 19.9 Å². The predicted octanol–water partition coefficient (Wildman–Crippen LogP) is 3.97. The molecule has 3 aromatic heterocycles. The van der Waals surface area contributed by atoms with Gasteiger partial charge in [-0.25, -0.2) is 24.7 Å². The van der Waals surface area contributed by atoms with E-state index in [2.05, 4.69) is 15.0 Å². The van der Waals surface area contributed by atoms with Gasteiger partial charge in [0.25, 0.3) is 0 Å². The summed E-state index contributed by atoms with van der Waals surface area (Å²) >= 11 is 2.78. The highest BCUT2D eigenvalue weighted by molar-refractivity contribution is 7.23. The maximum Gasteiger partial charge on any atom is 0.321 e. The summed E-state index contributed by atoms with van der Waals surface area (Å²) in [6.07, 6.45) is 4.55. The van der Waals surface area contributed by atoms with E-state index in [9.17, 15) is 19.8 Å². The fourth-order valence-corrected chi connectivity index (χ4v) is 6.43. The van der Waals surface area contributed by atoms with E-state index in [-0.39, 0.29) is 6.61 Å². The second kappa shape index (κ2) is 10.2. The van der Waals surface area contributed by atoms with Gasteiger partial charge < -0.3 is 20.8 Å². The Morgan fingerprint density at radius 1 is 1.16 bits per heavy atom. The van der Waals surface area contributed by atoms with E-state index < -0.39 is 17.4 Å². The summed E-state index contributed by atoms with van der Waals surface area (Å²) in [4.78, 5) is 45.3. The van der Waals surface area contributed by atoms with Gasteiger partial charge in [0.1, 0.15) is 5.01 Å². The fraction of sp³-hybridized carbons (Fsp3) is 0.360. The van der Waals surface area contributed by atoms with Crippen molar-refractivity contribution in [1.29, 1.82) is 0 Å². The lowest BCUT2D eigenvalue weighted by molar-refractivity contribution is -0.149. The molecule has 4 aromatic rings. The van der Waals surface area contributed by atoms with E-state index in [1.165, 1.54) is 27.6 Å². The minimum absolute atomic E-state index is 0.157. The van der Waals surface area contributed by atoms with Crippen LogP contribution in [0.2, 0.25) is 0 Å². The molecule has 0 unspecified atom stereocenters. The summed E-state index contributed by atoms with van der Waals surface area (Å²) in [6, 6.07) is 3.34. The highest BCUT2D eigenvalue weighted by atomic mass is 32.1. The molecule has 2 amide bonds. The van der Waals surface area contributed by atoms with Gasteiger partial charge >= 0.3 is 12.0 Å². The quantitative estimate of drug-likeness (QED) is 0.308. The molecule has 1 saturated heterocycles. The minimum atomic E-state index is -0.769. The van der Waals surface area contributed by atoms with E-state index in [1.54, 1.807) is 19.3 Å². The van der Waals surface area contributed by atoms with E-state index in [1.807, 2.05) is 29.3 Å². The zero-order chi connectivity index (χ0) is 27.0. The molecule has 0 bridgehead atoms. The molecular formula is C25H27N7O4S2. The topological polar surface area (TPSA) is 159 Å². The van der Waals surface area contributed by atoms with Crippen LogP contribution in [0.5, 0.6) is 0 Å². The Kier molecular flexibility index (Phi) is 6.99. The van der Waals surface area contributed by atoms with Crippen molar-refractivity contribution in [3.63, 3.8) is 0 Å². The molecule has 1 aromatic carbocycles.